The largest absolute Gasteiger partial charge is 0.481 e. The number of rotatable bonds is 19. The Balaban J connectivity index is 0.000000567. The number of aromatic nitrogens is 2. The fourth-order valence-corrected chi connectivity index (χ4v) is 3.74. The number of hydrogen-bond acceptors (Lipinski definition) is 2. The predicted octanol–water partition coefficient (Wildman–Crippen LogP) is 8.26. The highest BCUT2D eigenvalue weighted by atomic mass is 16.4. The van der Waals surface area contributed by atoms with Crippen LogP contribution in [0.2, 0.25) is 0 Å². The fraction of sp³-hybridized carbons (Fsp3) is 0.846. The summed E-state index contributed by atoms with van der Waals surface area (Å²) in [4.78, 5) is 14.3. The first-order chi connectivity index (χ1) is 14.6. The highest BCUT2D eigenvalue weighted by molar-refractivity contribution is 5.66. The molecule has 0 saturated carbocycles. The Labute approximate surface area is 186 Å². The summed E-state index contributed by atoms with van der Waals surface area (Å²) in [6, 6.07) is 0. The van der Waals surface area contributed by atoms with E-state index in [-0.39, 0.29) is 0 Å². The smallest absolute Gasteiger partial charge is 0.303 e. The van der Waals surface area contributed by atoms with Crippen LogP contribution >= 0.6 is 0 Å². The molecule has 0 aliphatic rings. The van der Waals surface area contributed by atoms with E-state index in [2.05, 4.69) is 36.5 Å². The third kappa shape index (κ3) is 20.0. The van der Waals surface area contributed by atoms with Gasteiger partial charge in [-0.05, 0) is 18.8 Å². The molecular formula is C26H50N2O2. The van der Waals surface area contributed by atoms with Gasteiger partial charge >= 0.3 is 5.97 Å². The maximum atomic E-state index is 10.2. The Morgan fingerprint density at radius 1 is 0.833 bits per heavy atom. The van der Waals surface area contributed by atoms with E-state index in [0.717, 1.165) is 25.3 Å². The summed E-state index contributed by atoms with van der Waals surface area (Å²) in [7, 11) is 0. The summed E-state index contributed by atoms with van der Waals surface area (Å²) in [6.07, 6.45) is 27.0. The zero-order chi connectivity index (χ0) is 22.3. The summed E-state index contributed by atoms with van der Waals surface area (Å²) in [5, 5.41) is 8.41. The molecule has 0 aromatic carbocycles. The molecule has 0 bridgehead atoms. The van der Waals surface area contributed by atoms with Crippen LogP contribution in [0.4, 0.5) is 0 Å². The molecule has 1 aromatic rings. The number of carboxylic acid groups (broad SMARTS) is 1. The summed E-state index contributed by atoms with van der Waals surface area (Å²) in [6.45, 7) is 7.94. The van der Waals surface area contributed by atoms with Crippen LogP contribution < -0.4 is 0 Å². The van der Waals surface area contributed by atoms with Gasteiger partial charge in [-0.2, -0.15) is 0 Å². The van der Waals surface area contributed by atoms with E-state index in [9.17, 15) is 4.79 Å². The fourth-order valence-electron chi connectivity index (χ4n) is 3.74. The molecule has 0 spiro atoms. The van der Waals surface area contributed by atoms with Crippen LogP contribution in [0, 0.1) is 5.92 Å². The zero-order valence-corrected chi connectivity index (χ0v) is 20.3. The lowest BCUT2D eigenvalue weighted by Crippen LogP contribution is -2.08. The Morgan fingerprint density at radius 3 is 1.83 bits per heavy atom. The number of hydrogen-bond donors (Lipinski definition) is 1. The van der Waals surface area contributed by atoms with E-state index >= 15 is 0 Å². The van der Waals surface area contributed by atoms with Gasteiger partial charge in [-0.3, -0.25) is 4.79 Å². The van der Waals surface area contributed by atoms with E-state index in [1.54, 1.807) is 0 Å². The second kappa shape index (κ2) is 22.4. The van der Waals surface area contributed by atoms with Gasteiger partial charge in [-0.25, -0.2) is 4.98 Å². The number of carbonyl (C=O) groups is 1. The van der Waals surface area contributed by atoms with Crippen molar-refractivity contribution in [1.82, 2.24) is 9.55 Å². The third-order valence-corrected chi connectivity index (χ3v) is 5.82. The summed E-state index contributed by atoms with van der Waals surface area (Å²) in [5.74, 6) is 0.170. The first kappa shape index (κ1) is 28.7. The lowest BCUT2D eigenvalue weighted by Gasteiger charge is -2.15. The average molecular weight is 423 g/mol. The molecule has 0 aliphatic carbocycles. The zero-order valence-electron chi connectivity index (χ0n) is 20.3. The van der Waals surface area contributed by atoms with Gasteiger partial charge in [0.15, 0.2) is 0 Å². The van der Waals surface area contributed by atoms with E-state index in [4.69, 9.17) is 5.11 Å². The molecular weight excluding hydrogens is 372 g/mol. The molecule has 30 heavy (non-hydrogen) atoms. The normalized spacial score (nSPS) is 11.7. The Morgan fingerprint density at radius 2 is 1.37 bits per heavy atom. The van der Waals surface area contributed by atoms with Crippen LogP contribution in [0.5, 0.6) is 0 Å². The summed E-state index contributed by atoms with van der Waals surface area (Å²) < 4.78 is 2.21. The lowest BCUT2D eigenvalue weighted by atomic mass is 9.98. The van der Waals surface area contributed by atoms with Gasteiger partial charge in [0.25, 0.3) is 0 Å². The van der Waals surface area contributed by atoms with Gasteiger partial charge in [0, 0.05) is 25.4 Å². The summed E-state index contributed by atoms with van der Waals surface area (Å²) >= 11 is 0. The van der Waals surface area contributed by atoms with Gasteiger partial charge in [0.1, 0.15) is 0 Å². The number of unbranched alkanes of at least 4 members (excludes halogenated alkanes) is 12. The van der Waals surface area contributed by atoms with Crippen LogP contribution in [0.1, 0.15) is 130 Å². The molecule has 176 valence electrons. The minimum absolute atomic E-state index is 0.343. The van der Waals surface area contributed by atoms with Crippen molar-refractivity contribution in [2.24, 2.45) is 5.92 Å². The third-order valence-electron chi connectivity index (χ3n) is 5.82. The summed E-state index contributed by atoms with van der Waals surface area (Å²) in [5.41, 5.74) is 0. The van der Waals surface area contributed by atoms with Crippen molar-refractivity contribution in [2.45, 2.75) is 136 Å². The molecule has 0 amide bonds. The standard InChI is InChI=1S/C14H26N2.C12H24O2/c1-3-5-6-7-8-9-14(4-2)12-16-11-10-15-13-16;1-2-3-4-5-6-7-8-9-10-11-12(13)14/h10-11,13-14H,3-9,12H2,1-2H3;2-11H2,1H3,(H,13,14). The molecule has 0 radical (unpaired) electrons. The molecule has 0 saturated heterocycles. The molecule has 1 rings (SSSR count). The molecule has 4 nitrogen and oxygen atoms in total. The van der Waals surface area contributed by atoms with E-state index in [0.29, 0.717) is 6.42 Å². The van der Waals surface area contributed by atoms with Crippen LogP contribution in [0.3, 0.4) is 0 Å². The van der Waals surface area contributed by atoms with E-state index < -0.39 is 5.97 Å². The van der Waals surface area contributed by atoms with Crippen LogP contribution in [-0.4, -0.2) is 20.6 Å². The number of imidazole rings is 1. The quantitative estimate of drug-likeness (QED) is 0.228. The van der Waals surface area contributed by atoms with Crippen LogP contribution in [0.15, 0.2) is 18.7 Å². The molecule has 0 fully saturated rings. The molecule has 1 N–H and O–H groups in total. The Bertz CT molecular complexity index is 460. The van der Waals surface area contributed by atoms with Gasteiger partial charge in [0.2, 0.25) is 0 Å². The first-order valence-corrected chi connectivity index (χ1v) is 12.8. The van der Waals surface area contributed by atoms with E-state index in [1.165, 1.54) is 89.9 Å². The highest BCUT2D eigenvalue weighted by Gasteiger charge is 2.06. The first-order valence-electron chi connectivity index (χ1n) is 12.8. The Hall–Kier alpha value is -1.32. The monoisotopic (exact) mass is 422 g/mol. The van der Waals surface area contributed by atoms with Gasteiger partial charge in [-0.15, -0.1) is 0 Å². The minimum atomic E-state index is -0.659. The lowest BCUT2D eigenvalue weighted by molar-refractivity contribution is -0.137. The Kier molecular flexibility index (Phi) is 21.4. The van der Waals surface area contributed by atoms with Crippen molar-refractivity contribution in [1.29, 1.82) is 0 Å². The van der Waals surface area contributed by atoms with Crippen molar-refractivity contribution in [2.75, 3.05) is 0 Å². The maximum Gasteiger partial charge on any atom is 0.303 e. The molecule has 1 atom stereocenters. The van der Waals surface area contributed by atoms with Crippen molar-refractivity contribution < 1.29 is 9.90 Å². The van der Waals surface area contributed by atoms with Crippen LogP contribution in [-0.2, 0) is 11.3 Å². The molecule has 1 heterocycles. The molecule has 1 unspecified atom stereocenters. The topological polar surface area (TPSA) is 55.1 Å². The minimum Gasteiger partial charge on any atom is -0.481 e. The molecule has 1 aromatic heterocycles. The van der Waals surface area contributed by atoms with Crippen molar-refractivity contribution >= 4 is 5.97 Å². The average Bonchev–Trinajstić information content (AvgIpc) is 3.25. The second-order valence-corrected chi connectivity index (χ2v) is 8.71. The second-order valence-electron chi connectivity index (χ2n) is 8.71. The van der Waals surface area contributed by atoms with Crippen molar-refractivity contribution in [3.63, 3.8) is 0 Å². The number of aliphatic carboxylic acids is 1. The SMILES string of the molecule is CCCCCCCC(CC)Cn1ccnc1.CCCCCCCCCCCC(=O)O. The highest BCUT2D eigenvalue weighted by Crippen LogP contribution is 2.16. The van der Waals surface area contributed by atoms with Gasteiger partial charge in [-0.1, -0.05) is 111 Å². The molecule has 4 heteroatoms. The van der Waals surface area contributed by atoms with Crippen molar-refractivity contribution in [3.8, 4) is 0 Å². The van der Waals surface area contributed by atoms with E-state index in [1.807, 2.05) is 12.5 Å². The van der Waals surface area contributed by atoms with Crippen LogP contribution in [0.25, 0.3) is 0 Å². The van der Waals surface area contributed by atoms with Crippen molar-refractivity contribution in [3.05, 3.63) is 18.7 Å². The van der Waals surface area contributed by atoms with Gasteiger partial charge in [0.05, 0.1) is 6.33 Å². The van der Waals surface area contributed by atoms with Gasteiger partial charge < -0.3 is 9.67 Å². The maximum absolute atomic E-state index is 10.2. The number of carboxylic acids is 1. The number of nitrogens with zero attached hydrogens (tertiary/aromatic N) is 2. The molecule has 0 aliphatic heterocycles. The predicted molar refractivity (Wildman–Crippen MR) is 129 cm³/mol.